The second kappa shape index (κ2) is 16.6. The molecule has 0 bridgehead atoms. The molecule has 0 aromatic heterocycles. The van der Waals surface area contributed by atoms with E-state index in [0.29, 0.717) is 5.92 Å². The van der Waals surface area contributed by atoms with E-state index >= 15 is 0 Å². The summed E-state index contributed by atoms with van der Waals surface area (Å²) in [5.41, 5.74) is 0. The van der Waals surface area contributed by atoms with Crippen LogP contribution in [0, 0.1) is 5.92 Å². The smallest absolute Gasteiger partial charge is 0.303 e. The Kier molecular flexibility index (Phi) is 16.6. The van der Waals surface area contributed by atoms with Crippen molar-refractivity contribution < 1.29 is 18.9 Å². The van der Waals surface area contributed by atoms with Gasteiger partial charge in [0.15, 0.2) is 0 Å². The van der Waals surface area contributed by atoms with Crippen LogP contribution in [0.15, 0.2) is 0 Å². The Labute approximate surface area is 150 Å². The third kappa shape index (κ3) is 18.4. The maximum Gasteiger partial charge on any atom is 0.469 e. The molecule has 0 radical (unpaired) electrons. The molecule has 1 unspecified atom stereocenters. The number of hydrogen-bond acceptors (Lipinski definition) is 2. The van der Waals surface area contributed by atoms with Crippen LogP contribution in [0.5, 0.6) is 0 Å². The summed E-state index contributed by atoms with van der Waals surface area (Å²) < 4.78 is 15.7. The minimum atomic E-state index is -4.33. The highest BCUT2D eigenvalue weighted by molar-refractivity contribution is 7.46. The van der Waals surface area contributed by atoms with E-state index in [0.717, 1.165) is 25.7 Å². The Morgan fingerprint density at radius 1 is 0.708 bits per heavy atom. The van der Waals surface area contributed by atoms with Crippen LogP contribution >= 0.6 is 7.82 Å². The number of hydrogen-bond donors (Lipinski definition) is 2. The van der Waals surface area contributed by atoms with Gasteiger partial charge in [0.25, 0.3) is 0 Å². The van der Waals surface area contributed by atoms with Crippen molar-refractivity contribution in [1.29, 1.82) is 0 Å². The maximum absolute atomic E-state index is 10.9. The first kappa shape index (κ1) is 24.1. The molecule has 0 spiro atoms. The fourth-order valence-corrected chi connectivity index (χ4v) is 3.52. The minimum Gasteiger partial charge on any atom is -0.303 e. The van der Waals surface area contributed by atoms with Crippen LogP contribution in [0.4, 0.5) is 0 Å². The molecule has 0 rings (SSSR count). The molecular weight excluding hydrogens is 323 g/mol. The fourth-order valence-electron chi connectivity index (χ4n) is 3.12. The Hall–Kier alpha value is 0.110. The first-order valence-electron chi connectivity index (χ1n) is 10.2. The average Bonchev–Trinajstić information content (AvgIpc) is 2.53. The summed E-state index contributed by atoms with van der Waals surface area (Å²) in [5.74, 6) is 0.291. The number of unbranched alkanes of at least 4 members (excludes halogenated alkanes) is 11. The predicted octanol–water partition coefficient (Wildman–Crippen LogP) is 6.60. The van der Waals surface area contributed by atoms with E-state index in [1.807, 2.05) is 0 Å². The molecule has 0 aromatic carbocycles. The van der Waals surface area contributed by atoms with Gasteiger partial charge in [-0.1, -0.05) is 97.3 Å². The molecule has 0 saturated heterocycles. The van der Waals surface area contributed by atoms with Crippen molar-refractivity contribution in [3.05, 3.63) is 0 Å². The van der Waals surface area contributed by atoms with Gasteiger partial charge in [-0.25, -0.2) is 4.57 Å². The molecule has 0 aromatic rings. The van der Waals surface area contributed by atoms with Crippen LogP contribution in [0.2, 0.25) is 0 Å². The third-order valence-corrected chi connectivity index (χ3v) is 5.15. The van der Waals surface area contributed by atoms with E-state index in [-0.39, 0.29) is 6.61 Å². The van der Waals surface area contributed by atoms with Gasteiger partial charge in [-0.2, -0.15) is 0 Å². The van der Waals surface area contributed by atoms with Gasteiger partial charge in [0, 0.05) is 0 Å². The lowest BCUT2D eigenvalue weighted by Gasteiger charge is -2.17. The molecule has 0 aliphatic carbocycles. The van der Waals surface area contributed by atoms with Crippen LogP contribution in [-0.4, -0.2) is 16.4 Å². The van der Waals surface area contributed by atoms with Crippen molar-refractivity contribution in [2.75, 3.05) is 6.61 Å². The normalized spacial score (nSPS) is 13.3. The fraction of sp³-hybridized carbons (Fsp3) is 1.00. The van der Waals surface area contributed by atoms with Gasteiger partial charge < -0.3 is 9.79 Å². The van der Waals surface area contributed by atoms with Gasteiger partial charge in [0.05, 0.1) is 6.61 Å². The van der Waals surface area contributed by atoms with Crippen LogP contribution in [0.1, 0.15) is 110 Å². The Morgan fingerprint density at radius 3 is 1.46 bits per heavy atom. The molecule has 0 aliphatic rings. The zero-order valence-corrected chi connectivity index (χ0v) is 16.9. The minimum absolute atomic E-state index is 0.203. The highest BCUT2D eigenvalue weighted by Gasteiger charge is 2.18. The largest absolute Gasteiger partial charge is 0.469 e. The van der Waals surface area contributed by atoms with Gasteiger partial charge in [-0.05, 0) is 18.8 Å². The molecule has 0 heterocycles. The van der Waals surface area contributed by atoms with Crippen molar-refractivity contribution in [2.24, 2.45) is 5.92 Å². The summed E-state index contributed by atoms with van der Waals surface area (Å²) >= 11 is 0. The van der Waals surface area contributed by atoms with E-state index in [1.54, 1.807) is 0 Å². The Morgan fingerprint density at radius 2 is 1.08 bits per heavy atom. The Balaban J connectivity index is 3.85. The standard InChI is InChI=1S/C19H41O4P/c1-3-5-7-9-11-13-15-17-19(18-23-24(20,21)22)16-14-12-10-8-6-4-2/h19H,3-18H2,1-2H3,(H2,20,21,22). The van der Waals surface area contributed by atoms with Crippen molar-refractivity contribution in [3.8, 4) is 0 Å². The van der Waals surface area contributed by atoms with Crippen molar-refractivity contribution in [2.45, 2.75) is 110 Å². The molecule has 2 N–H and O–H groups in total. The molecule has 0 fully saturated rings. The highest BCUT2D eigenvalue weighted by atomic mass is 31.2. The van der Waals surface area contributed by atoms with Gasteiger partial charge in [-0.3, -0.25) is 4.52 Å². The summed E-state index contributed by atoms with van der Waals surface area (Å²) in [4.78, 5) is 17.8. The first-order chi connectivity index (χ1) is 11.5. The number of phosphoric acid groups is 1. The summed E-state index contributed by atoms with van der Waals surface area (Å²) in [7, 11) is -4.33. The number of rotatable bonds is 18. The van der Waals surface area contributed by atoms with E-state index < -0.39 is 7.82 Å². The van der Waals surface area contributed by atoms with Gasteiger partial charge in [0.2, 0.25) is 0 Å². The van der Waals surface area contributed by atoms with Crippen LogP contribution < -0.4 is 0 Å². The molecule has 0 aliphatic heterocycles. The average molecular weight is 365 g/mol. The second-order valence-corrected chi connectivity index (χ2v) is 8.36. The SMILES string of the molecule is CCCCCCCCCC(CCCCCCCC)COP(=O)(O)O. The van der Waals surface area contributed by atoms with Crippen molar-refractivity contribution in [3.63, 3.8) is 0 Å². The van der Waals surface area contributed by atoms with Gasteiger partial charge in [0.1, 0.15) is 0 Å². The maximum atomic E-state index is 10.9. The quantitative estimate of drug-likeness (QED) is 0.212. The Bertz CT molecular complexity index is 304. The lowest BCUT2D eigenvalue weighted by Crippen LogP contribution is -2.09. The summed E-state index contributed by atoms with van der Waals surface area (Å²) in [6.45, 7) is 4.65. The molecule has 0 amide bonds. The molecule has 4 nitrogen and oxygen atoms in total. The molecule has 1 atom stereocenters. The zero-order valence-electron chi connectivity index (χ0n) is 16.0. The predicted molar refractivity (Wildman–Crippen MR) is 102 cm³/mol. The summed E-state index contributed by atoms with van der Waals surface area (Å²) in [6, 6.07) is 0. The first-order valence-corrected chi connectivity index (χ1v) is 11.7. The monoisotopic (exact) mass is 364 g/mol. The lowest BCUT2D eigenvalue weighted by atomic mass is 9.95. The zero-order chi connectivity index (χ0) is 18.1. The molecule has 0 saturated carbocycles. The summed E-state index contributed by atoms with van der Waals surface area (Å²) in [6.07, 6.45) is 18.5. The van der Waals surface area contributed by atoms with Gasteiger partial charge >= 0.3 is 7.82 Å². The van der Waals surface area contributed by atoms with Gasteiger partial charge in [-0.15, -0.1) is 0 Å². The highest BCUT2D eigenvalue weighted by Crippen LogP contribution is 2.37. The second-order valence-electron chi connectivity index (χ2n) is 7.12. The van der Waals surface area contributed by atoms with Crippen molar-refractivity contribution in [1.82, 2.24) is 0 Å². The van der Waals surface area contributed by atoms with Crippen LogP contribution in [0.3, 0.4) is 0 Å². The molecule has 146 valence electrons. The molecule has 5 heteroatoms. The molecule has 24 heavy (non-hydrogen) atoms. The van der Waals surface area contributed by atoms with Crippen LogP contribution in [-0.2, 0) is 9.09 Å². The van der Waals surface area contributed by atoms with E-state index in [2.05, 4.69) is 13.8 Å². The number of phosphoric ester groups is 1. The van der Waals surface area contributed by atoms with Crippen LogP contribution in [0.25, 0.3) is 0 Å². The third-order valence-electron chi connectivity index (χ3n) is 4.66. The van der Waals surface area contributed by atoms with E-state index in [9.17, 15) is 4.57 Å². The van der Waals surface area contributed by atoms with E-state index in [1.165, 1.54) is 70.6 Å². The van der Waals surface area contributed by atoms with Crippen molar-refractivity contribution >= 4 is 7.82 Å². The lowest BCUT2D eigenvalue weighted by molar-refractivity contribution is 0.157. The van der Waals surface area contributed by atoms with E-state index in [4.69, 9.17) is 14.3 Å². The summed E-state index contributed by atoms with van der Waals surface area (Å²) in [5, 5.41) is 0. The molecular formula is C19H41O4P. The topological polar surface area (TPSA) is 66.8 Å².